The van der Waals surface area contributed by atoms with Crippen LogP contribution in [-0.2, 0) is 25.7 Å². The van der Waals surface area contributed by atoms with Crippen LogP contribution in [0, 0.1) is 0 Å². The van der Waals surface area contributed by atoms with Crippen molar-refractivity contribution in [2.45, 2.75) is 38.3 Å². The molecule has 1 amide bonds. The first-order chi connectivity index (χ1) is 16.1. The molecule has 1 atom stereocenters. The number of carbonyl (C=O) groups excluding carboxylic acids is 1. The zero-order chi connectivity index (χ0) is 24.3. The average Bonchev–Trinajstić information content (AvgIpc) is 2.84. The lowest BCUT2D eigenvalue weighted by Gasteiger charge is -2.34. The largest absolute Gasteiger partial charge is 0.494 e. The van der Waals surface area contributed by atoms with Crippen molar-refractivity contribution >= 4 is 18.9 Å². The second-order valence-electron chi connectivity index (χ2n) is 7.61. The Balaban J connectivity index is 0.000000819. The molecule has 0 aromatic heterocycles. The smallest absolute Gasteiger partial charge is 0.290 e. The summed E-state index contributed by atoms with van der Waals surface area (Å²) >= 11 is 0. The van der Waals surface area contributed by atoms with Gasteiger partial charge in [-0.05, 0) is 43.5 Å². The van der Waals surface area contributed by atoms with Gasteiger partial charge in [0.15, 0.2) is 0 Å². The summed E-state index contributed by atoms with van der Waals surface area (Å²) in [6.45, 7) is 6.80. The summed E-state index contributed by atoms with van der Waals surface area (Å²) in [4.78, 5) is 33.6. The molecule has 1 unspecified atom stereocenters. The number of rotatable bonds is 8. The molecule has 0 aliphatic carbocycles. The van der Waals surface area contributed by atoms with Crippen molar-refractivity contribution in [1.29, 1.82) is 0 Å². The summed E-state index contributed by atoms with van der Waals surface area (Å²) in [6.07, 6.45) is 4.25. The average molecular weight is 468 g/mol. The maximum Gasteiger partial charge on any atom is 0.290 e. The van der Waals surface area contributed by atoms with Crippen LogP contribution < -0.4 is 10.1 Å². The Bertz CT molecular complexity index is 678. The summed E-state index contributed by atoms with van der Waals surface area (Å²) in [5.74, 6) is 1.05. The maximum absolute atomic E-state index is 12.2. The van der Waals surface area contributed by atoms with E-state index in [9.17, 15) is 4.79 Å². The van der Waals surface area contributed by atoms with Gasteiger partial charge < -0.3 is 25.0 Å². The number of nitrogens with zero attached hydrogens (tertiary/aromatic N) is 2. The molecule has 0 radical (unpaired) electrons. The van der Waals surface area contributed by atoms with Crippen molar-refractivity contribution in [3.63, 3.8) is 0 Å². The minimum Gasteiger partial charge on any atom is -0.494 e. The van der Waals surface area contributed by atoms with Gasteiger partial charge in [0.25, 0.3) is 12.9 Å². The molecule has 3 rings (SSSR count). The zero-order valence-electron chi connectivity index (χ0n) is 19.4. The van der Waals surface area contributed by atoms with E-state index in [1.165, 1.54) is 5.56 Å². The molecule has 1 aromatic carbocycles. The Morgan fingerprint density at radius 2 is 1.88 bits per heavy atom. The third-order valence-electron chi connectivity index (χ3n) is 5.44. The summed E-state index contributed by atoms with van der Waals surface area (Å²) in [7, 11) is 1.72. The number of morpholine rings is 1. The van der Waals surface area contributed by atoms with E-state index in [0.717, 1.165) is 84.0 Å². The molecule has 186 valence electrons. The van der Waals surface area contributed by atoms with E-state index < -0.39 is 0 Å². The second kappa shape index (κ2) is 17.8. The molecule has 3 N–H and O–H groups in total. The number of likely N-dealkylation sites (N-methyl/N-ethyl adjacent to an activating group) is 1. The first-order valence-corrected chi connectivity index (χ1v) is 11.2. The molecule has 0 saturated carbocycles. The number of ether oxygens (including phenoxy) is 2. The predicted octanol–water partition coefficient (Wildman–Crippen LogP) is 1.29. The number of carbonyl (C=O) groups is 3. The van der Waals surface area contributed by atoms with E-state index in [-0.39, 0.29) is 24.9 Å². The first kappa shape index (κ1) is 28.3. The maximum atomic E-state index is 12.2. The van der Waals surface area contributed by atoms with E-state index in [1.54, 1.807) is 7.05 Å². The highest BCUT2D eigenvalue weighted by Gasteiger charge is 2.27. The van der Waals surface area contributed by atoms with Crippen LogP contribution in [0.2, 0.25) is 0 Å². The van der Waals surface area contributed by atoms with E-state index in [2.05, 4.69) is 27.2 Å². The first-order valence-electron chi connectivity index (χ1n) is 11.2. The lowest BCUT2D eigenvalue weighted by Crippen LogP contribution is -2.48. The molecular formula is C23H37N3O7. The number of piperidine rings is 1. The second-order valence-corrected chi connectivity index (χ2v) is 7.61. The number of hydrogen-bond acceptors (Lipinski definition) is 7. The van der Waals surface area contributed by atoms with Gasteiger partial charge in [-0.25, -0.2) is 0 Å². The monoisotopic (exact) mass is 467 g/mol. The molecule has 1 aromatic rings. The highest BCUT2D eigenvalue weighted by Crippen LogP contribution is 2.22. The quantitative estimate of drug-likeness (QED) is 0.383. The van der Waals surface area contributed by atoms with E-state index in [0.29, 0.717) is 0 Å². The van der Waals surface area contributed by atoms with E-state index >= 15 is 0 Å². The molecule has 2 saturated heterocycles. The van der Waals surface area contributed by atoms with Gasteiger partial charge in [0.1, 0.15) is 5.75 Å². The summed E-state index contributed by atoms with van der Waals surface area (Å²) < 4.78 is 11.3. The zero-order valence-corrected chi connectivity index (χ0v) is 19.4. The fraction of sp³-hybridized carbons (Fsp3) is 0.609. The minimum atomic E-state index is -0.250. The Labute approximate surface area is 195 Å². The number of amides is 1. The SMILES string of the molecule is CNC(=O)C1CCCCN1Cc1cccc(OCCCN2CCOCC2)c1.O=CO.O=CO. The Hall–Kier alpha value is -2.69. The standard InChI is InChI=1S/C21H33N3O3.2CH2O2/c1-22-21(25)20-8-2-3-10-24(20)17-18-6-4-7-19(16-18)27-13-5-9-23-11-14-26-15-12-23;2*2-1-3/h4,6-7,16,20H,2-3,5,8-15,17H2,1H3,(H,22,25);2*1H,(H,2,3). The van der Waals surface area contributed by atoms with Crippen LogP contribution in [0.15, 0.2) is 24.3 Å². The molecule has 0 bridgehead atoms. The molecule has 2 fully saturated rings. The van der Waals surface area contributed by atoms with Crippen LogP contribution >= 0.6 is 0 Å². The van der Waals surface area contributed by atoms with Crippen LogP contribution in [0.5, 0.6) is 5.75 Å². The van der Waals surface area contributed by atoms with Crippen LogP contribution in [0.1, 0.15) is 31.2 Å². The fourth-order valence-corrected chi connectivity index (χ4v) is 3.91. The van der Waals surface area contributed by atoms with Crippen LogP contribution in [0.4, 0.5) is 0 Å². The van der Waals surface area contributed by atoms with Crippen LogP contribution in [0.25, 0.3) is 0 Å². The molecule has 2 aliphatic rings. The Morgan fingerprint density at radius 3 is 2.55 bits per heavy atom. The Morgan fingerprint density at radius 1 is 1.18 bits per heavy atom. The normalized spacial score (nSPS) is 18.5. The number of likely N-dealkylation sites (tertiary alicyclic amines) is 1. The van der Waals surface area contributed by atoms with Gasteiger partial charge in [-0.1, -0.05) is 18.6 Å². The predicted molar refractivity (Wildman–Crippen MR) is 123 cm³/mol. The minimum absolute atomic E-state index is 0.0122. The highest BCUT2D eigenvalue weighted by molar-refractivity contribution is 5.81. The molecular weight excluding hydrogens is 430 g/mol. The van der Waals surface area contributed by atoms with E-state index in [1.807, 2.05) is 12.1 Å². The van der Waals surface area contributed by atoms with Crippen LogP contribution in [-0.4, -0.2) is 98.0 Å². The van der Waals surface area contributed by atoms with Crippen molar-refractivity contribution in [3.05, 3.63) is 29.8 Å². The molecule has 0 spiro atoms. The Kier molecular flexibility index (Phi) is 15.3. The van der Waals surface area contributed by atoms with Crippen LogP contribution in [0.3, 0.4) is 0 Å². The topological polar surface area (TPSA) is 129 Å². The van der Waals surface area contributed by atoms with Gasteiger partial charge in [-0.15, -0.1) is 0 Å². The summed E-state index contributed by atoms with van der Waals surface area (Å²) in [5.41, 5.74) is 1.21. The van der Waals surface area contributed by atoms with Gasteiger partial charge in [0, 0.05) is 33.2 Å². The summed E-state index contributed by atoms with van der Waals surface area (Å²) in [5, 5.41) is 16.6. The number of hydrogen-bond donors (Lipinski definition) is 3. The third-order valence-corrected chi connectivity index (χ3v) is 5.44. The van der Waals surface area contributed by atoms with Crippen molar-refractivity contribution < 1.29 is 34.1 Å². The van der Waals surface area contributed by atoms with Gasteiger partial charge >= 0.3 is 0 Å². The van der Waals surface area contributed by atoms with Crippen molar-refractivity contribution in [2.75, 3.05) is 53.0 Å². The fourth-order valence-electron chi connectivity index (χ4n) is 3.91. The van der Waals surface area contributed by atoms with Gasteiger partial charge in [-0.2, -0.15) is 0 Å². The summed E-state index contributed by atoms with van der Waals surface area (Å²) in [6, 6.07) is 8.29. The number of nitrogens with one attached hydrogen (secondary N) is 1. The van der Waals surface area contributed by atoms with Gasteiger partial charge in [0.2, 0.25) is 5.91 Å². The lowest BCUT2D eigenvalue weighted by molar-refractivity contribution is -0.127. The molecule has 2 heterocycles. The van der Waals surface area contributed by atoms with Crippen molar-refractivity contribution in [1.82, 2.24) is 15.1 Å². The van der Waals surface area contributed by atoms with Crippen molar-refractivity contribution in [3.8, 4) is 5.75 Å². The molecule has 10 heteroatoms. The third kappa shape index (κ3) is 11.7. The molecule has 10 nitrogen and oxygen atoms in total. The van der Waals surface area contributed by atoms with E-state index in [4.69, 9.17) is 29.3 Å². The highest BCUT2D eigenvalue weighted by atomic mass is 16.5. The number of carboxylic acid groups (broad SMARTS) is 2. The van der Waals surface area contributed by atoms with Crippen molar-refractivity contribution in [2.24, 2.45) is 0 Å². The van der Waals surface area contributed by atoms with Gasteiger partial charge in [-0.3, -0.25) is 24.2 Å². The van der Waals surface area contributed by atoms with Gasteiger partial charge in [0.05, 0.1) is 25.9 Å². The lowest BCUT2D eigenvalue weighted by atomic mass is 10.0. The molecule has 2 aliphatic heterocycles. The number of benzene rings is 1. The molecule has 33 heavy (non-hydrogen) atoms.